The third-order valence-electron chi connectivity index (χ3n) is 3.39. The molecular weight excluding hydrogens is 283 g/mol. The maximum absolute atomic E-state index is 12.0. The van der Waals surface area contributed by atoms with Crippen molar-refractivity contribution in [2.45, 2.75) is 27.7 Å². The maximum atomic E-state index is 12.0. The van der Waals surface area contributed by atoms with Crippen LogP contribution in [-0.2, 0) is 0 Å². The van der Waals surface area contributed by atoms with Crippen molar-refractivity contribution in [1.29, 1.82) is 0 Å². The van der Waals surface area contributed by atoms with E-state index in [0.29, 0.717) is 33.8 Å². The molecule has 0 aliphatic rings. The summed E-state index contributed by atoms with van der Waals surface area (Å²) in [5.74, 6) is 0.163. The Kier molecular flexibility index (Phi) is 5.11. The lowest BCUT2D eigenvalue weighted by atomic mass is 9.82. The van der Waals surface area contributed by atoms with Crippen LogP contribution in [0, 0.1) is 11.3 Å². The molecule has 0 bridgehead atoms. The van der Waals surface area contributed by atoms with Crippen molar-refractivity contribution in [3.05, 3.63) is 27.7 Å². The number of rotatable bonds is 3. The number of amides is 1. The minimum absolute atomic E-state index is 0.143. The molecule has 3 nitrogen and oxygen atoms in total. The molecule has 19 heavy (non-hydrogen) atoms. The molecule has 0 spiro atoms. The Balaban J connectivity index is 2.75. The van der Waals surface area contributed by atoms with E-state index in [9.17, 15) is 4.79 Å². The van der Waals surface area contributed by atoms with E-state index >= 15 is 0 Å². The molecule has 3 N–H and O–H groups in total. The van der Waals surface area contributed by atoms with Crippen LogP contribution in [0.4, 0.5) is 5.69 Å². The predicted octanol–water partition coefficient (Wildman–Crippen LogP) is 3.99. The molecular formula is C14H20Cl2N2O. The molecule has 0 radical (unpaired) electrons. The first-order valence-corrected chi connectivity index (χ1v) is 6.91. The Morgan fingerprint density at radius 2 is 1.79 bits per heavy atom. The van der Waals surface area contributed by atoms with Gasteiger partial charge in [0.1, 0.15) is 0 Å². The van der Waals surface area contributed by atoms with Crippen LogP contribution in [0.2, 0.25) is 10.0 Å². The van der Waals surface area contributed by atoms with E-state index in [1.165, 1.54) is 12.1 Å². The van der Waals surface area contributed by atoms with Crippen LogP contribution in [0.5, 0.6) is 0 Å². The highest BCUT2D eigenvalue weighted by Gasteiger charge is 2.21. The summed E-state index contributed by atoms with van der Waals surface area (Å²) in [4.78, 5) is 12.0. The van der Waals surface area contributed by atoms with Crippen molar-refractivity contribution in [1.82, 2.24) is 5.32 Å². The van der Waals surface area contributed by atoms with Gasteiger partial charge in [-0.3, -0.25) is 4.79 Å². The quantitative estimate of drug-likeness (QED) is 0.830. The summed E-state index contributed by atoms with van der Waals surface area (Å²) in [6.07, 6.45) is 0. The Bertz CT molecular complexity index is 458. The number of benzene rings is 1. The van der Waals surface area contributed by atoms with Gasteiger partial charge in [0.05, 0.1) is 15.7 Å². The van der Waals surface area contributed by atoms with E-state index in [1.807, 2.05) is 0 Å². The van der Waals surface area contributed by atoms with Crippen LogP contribution in [0.15, 0.2) is 12.1 Å². The van der Waals surface area contributed by atoms with E-state index in [4.69, 9.17) is 28.9 Å². The molecule has 0 aliphatic heterocycles. The second-order valence-corrected chi connectivity index (χ2v) is 6.65. The van der Waals surface area contributed by atoms with Gasteiger partial charge in [0.25, 0.3) is 5.91 Å². The van der Waals surface area contributed by atoms with Crippen LogP contribution in [0.1, 0.15) is 38.1 Å². The molecule has 1 rings (SSSR count). The molecule has 1 amide bonds. The van der Waals surface area contributed by atoms with Crippen molar-refractivity contribution in [2.24, 2.45) is 11.3 Å². The summed E-state index contributed by atoms with van der Waals surface area (Å²) in [6, 6.07) is 3.06. The Morgan fingerprint density at radius 1 is 1.32 bits per heavy atom. The number of hydrogen-bond acceptors (Lipinski definition) is 2. The van der Waals surface area contributed by atoms with Gasteiger partial charge in [0.2, 0.25) is 0 Å². The van der Waals surface area contributed by atoms with Crippen LogP contribution in [-0.4, -0.2) is 12.5 Å². The lowest BCUT2D eigenvalue weighted by Crippen LogP contribution is -2.33. The largest absolute Gasteiger partial charge is 0.396 e. The van der Waals surface area contributed by atoms with Gasteiger partial charge in [0, 0.05) is 12.1 Å². The van der Waals surface area contributed by atoms with Crippen molar-refractivity contribution in [3.8, 4) is 0 Å². The molecule has 0 saturated heterocycles. The maximum Gasteiger partial charge on any atom is 0.251 e. The zero-order valence-electron chi connectivity index (χ0n) is 11.7. The van der Waals surface area contributed by atoms with E-state index in [-0.39, 0.29) is 11.3 Å². The van der Waals surface area contributed by atoms with Gasteiger partial charge in [-0.05, 0) is 23.5 Å². The van der Waals surface area contributed by atoms with Gasteiger partial charge in [-0.1, -0.05) is 50.9 Å². The Hall–Kier alpha value is -0.930. The van der Waals surface area contributed by atoms with Crippen molar-refractivity contribution < 1.29 is 4.79 Å². The first-order valence-electron chi connectivity index (χ1n) is 6.15. The molecule has 0 saturated carbocycles. The first-order chi connectivity index (χ1) is 8.62. The zero-order valence-corrected chi connectivity index (χ0v) is 13.2. The topological polar surface area (TPSA) is 55.1 Å². The van der Waals surface area contributed by atoms with Gasteiger partial charge < -0.3 is 11.1 Å². The first kappa shape index (κ1) is 16.1. The number of nitrogens with one attached hydrogen (secondary N) is 1. The fourth-order valence-corrected chi connectivity index (χ4v) is 1.86. The standard InChI is InChI=1S/C14H20Cl2N2O/c1-8(14(2,3)4)7-18-13(19)9-5-10(15)12(17)11(16)6-9/h5-6,8H,7,17H2,1-4H3,(H,18,19). The number of halogens is 2. The molecule has 106 valence electrons. The molecule has 1 aromatic rings. The third-order valence-corrected chi connectivity index (χ3v) is 4.01. The average Bonchev–Trinajstić information content (AvgIpc) is 2.30. The highest BCUT2D eigenvalue weighted by molar-refractivity contribution is 6.39. The molecule has 0 heterocycles. The fourth-order valence-electron chi connectivity index (χ4n) is 1.37. The third kappa shape index (κ3) is 4.29. The zero-order chi connectivity index (χ0) is 14.8. The molecule has 5 heteroatoms. The number of hydrogen-bond donors (Lipinski definition) is 2. The summed E-state index contributed by atoms with van der Waals surface area (Å²) >= 11 is 11.8. The summed E-state index contributed by atoms with van der Waals surface area (Å²) in [6.45, 7) is 9.12. The second kappa shape index (κ2) is 6.02. The van der Waals surface area contributed by atoms with Crippen molar-refractivity contribution in [3.63, 3.8) is 0 Å². The highest BCUT2D eigenvalue weighted by atomic mass is 35.5. The molecule has 1 unspecified atom stereocenters. The highest BCUT2D eigenvalue weighted by Crippen LogP contribution is 2.29. The van der Waals surface area contributed by atoms with Crippen LogP contribution in [0.25, 0.3) is 0 Å². The number of carbonyl (C=O) groups excluding carboxylic acids is 1. The fraction of sp³-hybridized carbons (Fsp3) is 0.500. The van der Waals surface area contributed by atoms with Gasteiger partial charge in [0.15, 0.2) is 0 Å². The monoisotopic (exact) mass is 302 g/mol. The number of carbonyl (C=O) groups is 1. The molecule has 0 aromatic heterocycles. The molecule has 0 aliphatic carbocycles. The summed E-state index contributed by atoms with van der Waals surface area (Å²) in [5, 5.41) is 3.47. The minimum Gasteiger partial charge on any atom is -0.396 e. The van der Waals surface area contributed by atoms with Crippen molar-refractivity contribution >= 4 is 34.8 Å². The molecule has 1 aromatic carbocycles. The predicted molar refractivity (Wildman–Crippen MR) is 81.8 cm³/mol. The number of anilines is 1. The van der Waals surface area contributed by atoms with Crippen LogP contribution < -0.4 is 11.1 Å². The van der Waals surface area contributed by atoms with Gasteiger partial charge in [-0.25, -0.2) is 0 Å². The lowest BCUT2D eigenvalue weighted by molar-refractivity contribution is 0.0937. The lowest BCUT2D eigenvalue weighted by Gasteiger charge is -2.27. The van der Waals surface area contributed by atoms with Crippen LogP contribution >= 0.6 is 23.2 Å². The minimum atomic E-state index is -0.195. The number of nitrogen functional groups attached to an aromatic ring is 1. The SMILES string of the molecule is CC(CNC(=O)c1cc(Cl)c(N)c(Cl)c1)C(C)(C)C. The van der Waals surface area contributed by atoms with E-state index in [2.05, 4.69) is 33.0 Å². The summed E-state index contributed by atoms with van der Waals surface area (Å²) in [5.41, 5.74) is 6.49. The number of nitrogens with two attached hydrogens (primary N) is 1. The second-order valence-electron chi connectivity index (χ2n) is 5.83. The van der Waals surface area contributed by atoms with E-state index < -0.39 is 0 Å². The summed E-state index contributed by atoms with van der Waals surface area (Å²) in [7, 11) is 0. The van der Waals surface area contributed by atoms with Gasteiger partial charge >= 0.3 is 0 Å². The van der Waals surface area contributed by atoms with Gasteiger partial charge in [-0.2, -0.15) is 0 Å². The average molecular weight is 303 g/mol. The summed E-state index contributed by atoms with van der Waals surface area (Å²) < 4.78 is 0. The molecule has 0 fully saturated rings. The Morgan fingerprint density at radius 3 is 2.21 bits per heavy atom. The normalized spacial score (nSPS) is 13.2. The Labute approximate surface area is 124 Å². The smallest absolute Gasteiger partial charge is 0.251 e. The van der Waals surface area contributed by atoms with Gasteiger partial charge in [-0.15, -0.1) is 0 Å². The van der Waals surface area contributed by atoms with Crippen molar-refractivity contribution in [2.75, 3.05) is 12.3 Å². The van der Waals surface area contributed by atoms with E-state index in [0.717, 1.165) is 0 Å². The molecule has 1 atom stereocenters. The van der Waals surface area contributed by atoms with E-state index in [1.54, 1.807) is 0 Å². The van der Waals surface area contributed by atoms with Crippen LogP contribution in [0.3, 0.4) is 0 Å².